The zero-order chi connectivity index (χ0) is 58.4. The molecule has 0 N–H and O–H groups in total. The molecule has 0 nitrogen and oxygen atoms in total. The number of rotatable bonds is 5. The van der Waals surface area contributed by atoms with Crippen molar-refractivity contribution in [3.8, 4) is 0 Å². The van der Waals surface area contributed by atoms with Gasteiger partial charge in [0.2, 0.25) is 0 Å². The fourth-order valence-electron chi connectivity index (χ4n) is 30.0. The summed E-state index contributed by atoms with van der Waals surface area (Å²) >= 11 is 0. The summed E-state index contributed by atoms with van der Waals surface area (Å²) in [5, 5.41) is 64.8. The van der Waals surface area contributed by atoms with Gasteiger partial charge in [0.15, 0.2) is 0 Å². The number of hydrogen-bond donors (Lipinski definition) is 0. The van der Waals surface area contributed by atoms with Crippen molar-refractivity contribution in [1.29, 1.82) is 0 Å². The molecular formula is C94H32Pd+2. The van der Waals surface area contributed by atoms with Gasteiger partial charge in [-0.3, -0.25) is 0 Å². The molecule has 0 saturated heterocycles. The molecule has 11 aliphatic carbocycles. The molecule has 0 spiro atoms. The standard InChI is InChI=1S/C90H25.C4H7.Pd/c1-6-16-26(17-7-1)86-71-61-51-41-36-31-32-34-35-33(31)38-45-43(36)53(51)63-65-55(45)57-47(38)49-40(35)50-48-39(34)46-44-37(32)42(41)52-54(44)64-66-56(46)58(48)68-70-60(50)59(49)69-67(57)77-75(65)87(73(63)71,27-18-8-2-9-19-27)82-81(86)83-85-84(82)89(77,29-22-12-4-13-23-29)79(69)80(70)90(85,30-24-14-5-15-25-30)78(68)76(66)88(83,28-20-10-3-11-21-28)74(64)72(86)62(52)61;1-4(2)3;/h1-25H;1-2H2,3H3;/q;;+2. The fourth-order valence-corrected chi connectivity index (χ4v) is 30.0. The molecular weight excluding hydrogens is 1240 g/mol. The Hall–Kier alpha value is -9.74. The van der Waals surface area contributed by atoms with Crippen LogP contribution >= 0.6 is 0 Å². The number of hydrogen-bond acceptors (Lipinski definition) is 0. The van der Waals surface area contributed by atoms with Crippen LogP contribution in [0.1, 0.15) is 90.4 Å². The Kier molecular flexibility index (Phi) is 5.11. The van der Waals surface area contributed by atoms with Gasteiger partial charge in [-0.25, -0.2) is 0 Å². The predicted octanol–water partition coefficient (Wildman–Crippen LogP) is 22.1. The summed E-state index contributed by atoms with van der Waals surface area (Å²) in [5.74, 6) is 9.21. The maximum absolute atomic E-state index is 3.44. The first-order valence-corrected chi connectivity index (χ1v) is 34.5. The largest absolute Gasteiger partial charge is 2.00 e. The molecule has 0 aromatic heterocycles. The van der Waals surface area contributed by atoms with Crippen LogP contribution in [0.3, 0.4) is 0 Å². The number of benzene rings is 20. The fraction of sp³-hybridized carbons (Fsp3) is 0.0638. The van der Waals surface area contributed by atoms with Crippen molar-refractivity contribution in [3.05, 3.63) is 284 Å². The monoisotopic (exact) mass is 1270 g/mol. The van der Waals surface area contributed by atoms with E-state index < -0.39 is 27.1 Å². The molecule has 0 aliphatic heterocycles. The summed E-state index contributed by atoms with van der Waals surface area (Å²) in [7, 11) is 0. The van der Waals surface area contributed by atoms with Crippen LogP contribution in [0.15, 0.2) is 152 Å². The topological polar surface area (TPSA) is 0 Å². The van der Waals surface area contributed by atoms with Gasteiger partial charge in [0.05, 0.1) is 27.1 Å². The molecule has 11 aliphatic rings. The molecule has 8 radical (unpaired) electrons. The van der Waals surface area contributed by atoms with Gasteiger partial charge in [0, 0.05) is 29.6 Å². The van der Waals surface area contributed by atoms with Gasteiger partial charge in [-0.2, -0.15) is 0 Å². The van der Waals surface area contributed by atoms with Gasteiger partial charge in [0.25, 0.3) is 0 Å². The van der Waals surface area contributed by atoms with Gasteiger partial charge in [-0.15, -0.1) is 0 Å². The Balaban J connectivity index is 0.000000915. The van der Waals surface area contributed by atoms with Crippen LogP contribution in [-0.4, -0.2) is 0 Å². The average Bonchev–Trinajstić information content (AvgIpc) is 1.37. The van der Waals surface area contributed by atoms with E-state index in [2.05, 4.69) is 166 Å². The predicted molar refractivity (Wildman–Crippen MR) is 385 cm³/mol. The molecule has 95 heavy (non-hydrogen) atoms. The van der Waals surface area contributed by atoms with E-state index in [-0.39, 0.29) is 20.4 Å². The van der Waals surface area contributed by atoms with E-state index in [1.165, 1.54) is 27.8 Å². The smallest absolute Gasteiger partial charge is 0.0622 e. The molecule has 26 aromatic carbocycles. The SMILES string of the molecule is [CH2][C]([CH2])C.[Pd+2].c1ccc(C23[C]4[C]5[C]6[C]7[C]4C4(c8ccccc8)c8c2c2c9c3c3c%10c%11c(c%12c%13c%14c(c%15c%16c%17c(c4c4c8c8c2c2c%18c9c%10c9c%10c%11c%13c%11c%13c%14c%16c%14c%16c%17c4c4c8c2c2c(c%189)c(c%10%11)c(c%13%14)c2c4%16)C7%15c2ccccc2)C6%12c2ccccc2)C53c2ccccc2)cc1. The van der Waals surface area contributed by atoms with E-state index in [4.69, 9.17) is 0 Å². The first-order valence-electron chi connectivity index (χ1n) is 34.5. The molecule has 416 valence electrons. The summed E-state index contributed by atoms with van der Waals surface area (Å²) in [6.07, 6.45) is 0. The molecule has 1 fully saturated rings. The van der Waals surface area contributed by atoms with Crippen molar-refractivity contribution in [3.63, 3.8) is 0 Å². The van der Waals surface area contributed by atoms with E-state index in [9.17, 15) is 0 Å². The summed E-state index contributed by atoms with van der Waals surface area (Å²) in [5.41, 5.74) is 20.6. The van der Waals surface area contributed by atoms with Gasteiger partial charge in [0.1, 0.15) is 0 Å². The second-order valence-electron chi connectivity index (χ2n) is 32.2. The first kappa shape index (κ1) is 43.3. The Morgan fingerprint density at radius 3 is 0.379 bits per heavy atom. The van der Waals surface area contributed by atoms with Crippen molar-refractivity contribution >= 4 is 215 Å². The third kappa shape index (κ3) is 2.81. The van der Waals surface area contributed by atoms with Crippen molar-refractivity contribution in [2.24, 2.45) is 0 Å². The van der Waals surface area contributed by atoms with Crippen LogP contribution < -0.4 is 0 Å². The molecule has 1 saturated carbocycles. The quantitative estimate of drug-likeness (QED) is 0.119. The molecule has 0 bridgehead atoms. The zero-order valence-electron chi connectivity index (χ0n) is 50.2. The summed E-state index contributed by atoms with van der Waals surface area (Å²) in [6.45, 7) is 8.75. The van der Waals surface area contributed by atoms with E-state index in [1.54, 1.807) is 301 Å². The Morgan fingerprint density at radius 1 is 0.179 bits per heavy atom. The Bertz CT molecular complexity index is 6830. The van der Waals surface area contributed by atoms with Crippen molar-refractivity contribution in [2.45, 2.75) is 34.0 Å². The van der Waals surface area contributed by atoms with Crippen molar-refractivity contribution in [1.82, 2.24) is 0 Å². The van der Waals surface area contributed by atoms with Gasteiger partial charge < -0.3 is 0 Å². The first-order chi connectivity index (χ1) is 46.6. The van der Waals surface area contributed by atoms with Crippen LogP contribution in [0.4, 0.5) is 0 Å². The molecule has 0 unspecified atom stereocenters. The minimum Gasteiger partial charge on any atom is -0.0622 e. The summed E-state index contributed by atoms with van der Waals surface area (Å²) in [4.78, 5) is 0. The van der Waals surface area contributed by atoms with Gasteiger partial charge >= 0.3 is 20.4 Å². The third-order valence-corrected chi connectivity index (χ3v) is 30.4. The van der Waals surface area contributed by atoms with E-state index >= 15 is 0 Å². The van der Waals surface area contributed by atoms with Crippen molar-refractivity contribution in [2.75, 3.05) is 0 Å². The molecule has 0 atom stereocenters. The molecule has 0 heterocycles. The maximum Gasteiger partial charge on any atom is 2.00 e. The van der Waals surface area contributed by atoms with Crippen molar-refractivity contribution < 1.29 is 20.4 Å². The second-order valence-corrected chi connectivity index (χ2v) is 32.2. The molecule has 26 aromatic rings. The normalized spacial score (nSPS) is 25.9. The minimum absolute atomic E-state index is 0. The average molecular weight is 1270 g/mol. The minimum atomic E-state index is -0.648. The van der Waals surface area contributed by atoms with E-state index in [0.29, 0.717) is 0 Å². The zero-order valence-corrected chi connectivity index (χ0v) is 51.7. The van der Waals surface area contributed by atoms with Crippen LogP contribution in [0.25, 0.3) is 215 Å². The summed E-state index contributed by atoms with van der Waals surface area (Å²) in [6, 6.07) is 62.5. The Labute approximate surface area is 550 Å². The Morgan fingerprint density at radius 2 is 0.274 bits per heavy atom. The van der Waals surface area contributed by atoms with Crippen LogP contribution in [0.2, 0.25) is 0 Å². The third-order valence-electron chi connectivity index (χ3n) is 30.4. The molecule has 37 rings (SSSR count). The molecule has 0 amide bonds. The van der Waals surface area contributed by atoms with E-state index in [1.807, 2.05) is 6.92 Å². The van der Waals surface area contributed by atoms with E-state index in [0.717, 1.165) is 5.92 Å². The second kappa shape index (κ2) is 11.2. The van der Waals surface area contributed by atoms with Crippen LogP contribution in [0, 0.1) is 49.4 Å². The van der Waals surface area contributed by atoms with Crippen LogP contribution in [-0.2, 0) is 47.5 Å². The maximum atomic E-state index is 3.44. The van der Waals surface area contributed by atoms with Gasteiger partial charge in [-0.05, 0) is 319 Å². The van der Waals surface area contributed by atoms with Crippen LogP contribution in [0.5, 0.6) is 0 Å². The summed E-state index contributed by atoms with van der Waals surface area (Å²) < 4.78 is 0. The molecule has 1 heteroatoms. The van der Waals surface area contributed by atoms with Gasteiger partial charge in [-0.1, -0.05) is 159 Å².